The van der Waals surface area contributed by atoms with Gasteiger partial charge in [0.15, 0.2) is 17.3 Å². The number of benzene rings is 1. The summed E-state index contributed by atoms with van der Waals surface area (Å²) in [6, 6.07) is 9.47. The lowest BCUT2D eigenvalue weighted by atomic mass is 10.1. The number of hydrogen-bond acceptors (Lipinski definition) is 7. The zero-order valence-electron chi connectivity index (χ0n) is 16.5. The number of carbonyl (C=O) groups excluding carboxylic acids is 1. The molecular formula is C21H22N2O5S. The monoisotopic (exact) mass is 414 g/mol. The maximum absolute atomic E-state index is 12.8. The van der Waals surface area contributed by atoms with Gasteiger partial charge in [0, 0.05) is 17.7 Å². The van der Waals surface area contributed by atoms with Crippen molar-refractivity contribution in [3.8, 4) is 28.6 Å². The van der Waals surface area contributed by atoms with Gasteiger partial charge in [0.2, 0.25) is 5.75 Å². The first-order chi connectivity index (χ1) is 14.1. The Morgan fingerprint density at radius 3 is 2.45 bits per heavy atom. The van der Waals surface area contributed by atoms with Crippen LogP contribution < -0.4 is 14.2 Å². The summed E-state index contributed by atoms with van der Waals surface area (Å²) in [4.78, 5) is 15.5. The Labute approximate surface area is 172 Å². The van der Waals surface area contributed by atoms with Crippen molar-refractivity contribution in [2.75, 3.05) is 21.3 Å². The minimum atomic E-state index is 0.0415. The second-order valence-electron chi connectivity index (χ2n) is 6.74. The summed E-state index contributed by atoms with van der Waals surface area (Å²) < 4.78 is 21.7. The summed E-state index contributed by atoms with van der Waals surface area (Å²) in [7, 11) is 4.69. The first-order valence-electron chi connectivity index (χ1n) is 9.25. The van der Waals surface area contributed by atoms with Gasteiger partial charge in [-0.3, -0.25) is 4.79 Å². The quantitative estimate of drug-likeness (QED) is 0.549. The van der Waals surface area contributed by atoms with E-state index in [0.29, 0.717) is 35.2 Å². The molecule has 0 aliphatic heterocycles. The maximum Gasteiger partial charge on any atom is 0.264 e. The van der Waals surface area contributed by atoms with Gasteiger partial charge in [0.1, 0.15) is 5.69 Å². The molecule has 1 aromatic carbocycles. The summed E-state index contributed by atoms with van der Waals surface area (Å²) in [6.07, 6.45) is 2.05. The van der Waals surface area contributed by atoms with E-state index in [4.69, 9.17) is 18.7 Å². The van der Waals surface area contributed by atoms with Crippen molar-refractivity contribution < 1.29 is 23.5 Å². The molecule has 4 rings (SSSR count). The molecule has 0 radical (unpaired) electrons. The smallest absolute Gasteiger partial charge is 0.264 e. The third-order valence-electron chi connectivity index (χ3n) is 4.82. The van der Waals surface area contributed by atoms with E-state index in [0.717, 1.165) is 23.3 Å². The van der Waals surface area contributed by atoms with E-state index in [9.17, 15) is 4.79 Å². The van der Waals surface area contributed by atoms with Crippen molar-refractivity contribution in [3.63, 3.8) is 0 Å². The number of hydrogen-bond donors (Lipinski definition) is 0. The van der Waals surface area contributed by atoms with E-state index in [-0.39, 0.29) is 11.9 Å². The highest BCUT2D eigenvalue weighted by molar-refractivity contribution is 7.12. The summed E-state index contributed by atoms with van der Waals surface area (Å²) in [5.74, 6) is 2.19. The molecule has 0 spiro atoms. The molecule has 0 N–H and O–H groups in total. The number of methoxy groups -OCH3 is 3. The lowest BCUT2D eigenvalue weighted by Gasteiger charge is -2.20. The van der Waals surface area contributed by atoms with Gasteiger partial charge in [-0.2, -0.15) is 0 Å². The number of carbonyl (C=O) groups is 1. The lowest BCUT2D eigenvalue weighted by Crippen LogP contribution is -2.32. The first kappa shape index (κ1) is 19.3. The van der Waals surface area contributed by atoms with Crippen LogP contribution in [0.15, 0.2) is 40.2 Å². The Balaban J connectivity index is 1.59. The molecule has 0 unspecified atom stereocenters. The van der Waals surface area contributed by atoms with Gasteiger partial charge in [-0.1, -0.05) is 11.2 Å². The van der Waals surface area contributed by atoms with E-state index in [1.807, 2.05) is 28.5 Å². The van der Waals surface area contributed by atoms with Gasteiger partial charge in [-0.15, -0.1) is 11.3 Å². The zero-order chi connectivity index (χ0) is 20.4. The molecule has 7 nitrogen and oxygen atoms in total. The van der Waals surface area contributed by atoms with Crippen LogP contribution in [0.5, 0.6) is 17.2 Å². The van der Waals surface area contributed by atoms with Crippen LogP contribution in [0.3, 0.4) is 0 Å². The molecule has 0 bridgehead atoms. The van der Waals surface area contributed by atoms with E-state index in [2.05, 4.69) is 5.16 Å². The van der Waals surface area contributed by atoms with Crippen LogP contribution in [0.4, 0.5) is 0 Å². The summed E-state index contributed by atoms with van der Waals surface area (Å²) in [5, 5.41) is 6.10. The predicted molar refractivity (Wildman–Crippen MR) is 109 cm³/mol. The number of ether oxygens (including phenoxy) is 3. The molecule has 1 amide bonds. The third kappa shape index (κ3) is 3.93. The molecule has 8 heteroatoms. The Hall–Kier alpha value is -3.00. The Kier molecular flexibility index (Phi) is 5.44. The highest BCUT2D eigenvalue weighted by Crippen LogP contribution is 2.41. The second-order valence-corrected chi connectivity index (χ2v) is 7.69. The Morgan fingerprint density at radius 1 is 1.17 bits per heavy atom. The van der Waals surface area contributed by atoms with E-state index in [1.165, 1.54) is 11.3 Å². The number of aromatic nitrogens is 1. The molecule has 1 aliphatic rings. The van der Waals surface area contributed by atoms with Crippen LogP contribution in [-0.4, -0.2) is 43.3 Å². The van der Waals surface area contributed by atoms with E-state index in [1.54, 1.807) is 33.5 Å². The SMILES string of the molecule is COc1cc(-c2cc(CN(C(=O)c3cccs3)C3CC3)no2)cc(OC)c1OC. The molecule has 3 aromatic rings. The molecule has 29 heavy (non-hydrogen) atoms. The topological polar surface area (TPSA) is 74.0 Å². The van der Waals surface area contributed by atoms with E-state index < -0.39 is 0 Å². The summed E-state index contributed by atoms with van der Waals surface area (Å²) in [6.45, 7) is 0.412. The Bertz CT molecular complexity index is 969. The second kappa shape index (κ2) is 8.16. The minimum Gasteiger partial charge on any atom is -0.493 e. The van der Waals surface area contributed by atoms with Gasteiger partial charge >= 0.3 is 0 Å². The lowest BCUT2D eigenvalue weighted by molar-refractivity contribution is 0.0731. The van der Waals surface area contributed by atoms with E-state index >= 15 is 0 Å². The minimum absolute atomic E-state index is 0.0415. The molecule has 0 atom stereocenters. The van der Waals surface area contributed by atoms with Gasteiger partial charge in [-0.25, -0.2) is 0 Å². The maximum atomic E-state index is 12.8. The molecule has 152 valence electrons. The number of amides is 1. The van der Waals surface area contributed by atoms with Crippen LogP contribution in [0.25, 0.3) is 11.3 Å². The van der Waals surface area contributed by atoms with Gasteiger partial charge in [-0.05, 0) is 36.4 Å². The van der Waals surface area contributed by atoms with Crippen LogP contribution in [0.1, 0.15) is 28.2 Å². The highest BCUT2D eigenvalue weighted by Gasteiger charge is 2.34. The molecule has 2 heterocycles. The molecule has 2 aromatic heterocycles. The fraction of sp³-hybridized carbons (Fsp3) is 0.333. The largest absolute Gasteiger partial charge is 0.493 e. The molecular weight excluding hydrogens is 392 g/mol. The normalized spacial score (nSPS) is 13.2. The van der Waals surface area contributed by atoms with Crippen molar-refractivity contribution >= 4 is 17.2 Å². The van der Waals surface area contributed by atoms with Crippen LogP contribution in [-0.2, 0) is 6.54 Å². The number of rotatable bonds is 8. The van der Waals surface area contributed by atoms with Crippen molar-refractivity contribution in [2.24, 2.45) is 0 Å². The van der Waals surface area contributed by atoms with Gasteiger partial charge in [0.25, 0.3) is 5.91 Å². The molecule has 1 fully saturated rings. The summed E-state index contributed by atoms with van der Waals surface area (Å²) >= 11 is 1.45. The van der Waals surface area contributed by atoms with Crippen LogP contribution in [0, 0.1) is 0 Å². The van der Waals surface area contributed by atoms with Gasteiger partial charge < -0.3 is 23.6 Å². The van der Waals surface area contributed by atoms with Crippen LogP contribution >= 0.6 is 11.3 Å². The fourth-order valence-electron chi connectivity index (χ4n) is 3.21. The fourth-order valence-corrected chi connectivity index (χ4v) is 3.89. The average Bonchev–Trinajstić information content (AvgIpc) is 3.24. The van der Waals surface area contributed by atoms with Crippen LogP contribution in [0.2, 0.25) is 0 Å². The Morgan fingerprint density at radius 2 is 1.90 bits per heavy atom. The molecule has 1 aliphatic carbocycles. The van der Waals surface area contributed by atoms with Crippen molar-refractivity contribution in [1.82, 2.24) is 10.1 Å². The predicted octanol–water partition coefficient (Wildman–Crippen LogP) is 4.23. The number of thiophene rings is 1. The molecule has 0 saturated heterocycles. The average molecular weight is 414 g/mol. The first-order valence-corrected chi connectivity index (χ1v) is 10.1. The number of nitrogens with zero attached hydrogens (tertiary/aromatic N) is 2. The van der Waals surface area contributed by atoms with Crippen molar-refractivity contribution in [2.45, 2.75) is 25.4 Å². The standard InChI is InChI=1S/C21H22N2O5S/c1-25-17-9-13(10-18(26-2)20(17)27-3)16-11-14(22-28-16)12-23(15-6-7-15)21(24)19-5-4-8-29-19/h4-5,8-11,15H,6-7,12H2,1-3H3. The van der Waals surface area contributed by atoms with Crippen molar-refractivity contribution in [3.05, 3.63) is 46.3 Å². The third-order valence-corrected chi connectivity index (χ3v) is 5.68. The zero-order valence-corrected chi connectivity index (χ0v) is 17.3. The summed E-state index contributed by atoms with van der Waals surface area (Å²) in [5.41, 5.74) is 1.45. The highest BCUT2D eigenvalue weighted by atomic mass is 32.1. The molecule has 1 saturated carbocycles. The van der Waals surface area contributed by atoms with Crippen molar-refractivity contribution in [1.29, 1.82) is 0 Å². The van der Waals surface area contributed by atoms with Gasteiger partial charge in [0.05, 0.1) is 32.8 Å².